The highest BCUT2D eigenvalue weighted by Gasteiger charge is 2.13. The molecule has 0 atom stereocenters. The summed E-state index contributed by atoms with van der Waals surface area (Å²) in [6, 6.07) is 8.91. The fourth-order valence-corrected chi connectivity index (χ4v) is 3.61. The van der Waals surface area contributed by atoms with Crippen LogP contribution in [0.1, 0.15) is 18.4 Å². The van der Waals surface area contributed by atoms with Crippen LogP contribution in [0.15, 0.2) is 41.8 Å². The SMILES string of the molecule is C=C1CCN(CCCOCCc2ccc3sccc3c2)C1. The van der Waals surface area contributed by atoms with E-state index in [1.165, 1.54) is 34.2 Å². The van der Waals surface area contributed by atoms with Crippen LogP contribution < -0.4 is 0 Å². The Balaban J connectivity index is 1.32. The third-order valence-electron chi connectivity index (χ3n) is 4.04. The topological polar surface area (TPSA) is 12.5 Å². The van der Waals surface area contributed by atoms with Gasteiger partial charge in [-0.15, -0.1) is 11.3 Å². The molecule has 1 aliphatic heterocycles. The average Bonchev–Trinajstić information content (AvgIpc) is 3.11. The number of thiophene rings is 1. The van der Waals surface area contributed by atoms with Crippen molar-refractivity contribution in [3.8, 4) is 0 Å². The number of hydrogen-bond donors (Lipinski definition) is 0. The van der Waals surface area contributed by atoms with Gasteiger partial charge in [0.25, 0.3) is 0 Å². The van der Waals surface area contributed by atoms with Crippen LogP contribution in [-0.4, -0.2) is 37.7 Å². The molecule has 1 aromatic carbocycles. The van der Waals surface area contributed by atoms with Gasteiger partial charge in [0, 0.05) is 30.9 Å². The van der Waals surface area contributed by atoms with Crippen LogP contribution in [0.2, 0.25) is 0 Å². The van der Waals surface area contributed by atoms with Crippen molar-refractivity contribution in [1.82, 2.24) is 4.90 Å². The Morgan fingerprint density at radius 1 is 1.24 bits per heavy atom. The lowest BCUT2D eigenvalue weighted by molar-refractivity contribution is 0.126. The number of benzene rings is 1. The first kappa shape index (κ1) is 14.8. The molecule has 1 saturated heterocycles. The summed E-state index contributed by atoms with van der Waals surface area (Å²) >= 11 is 1.80. The standard InChI is InChI=1S/C18H23NOS/c1-15-5-9-19(14-15)8-2-10-20-11-6-16-3-4-18-17(13-16)7-12-21-18/h3-4,7,12-13H,1-2,5-6,8-11,14H2. The minimum Gasteiger partial charge on any atom is -0.381 e. The summed E-state index contributed by atoms with van der Waals surface area (Å²) in [5, 5.41) is 3.50. The highest BCUT2D eigenvalue weighted by molar-refractivity contribution is 7.17. The first-order valence-corrected chi connectivity index (χ1v) is 8.62. The lowest BCUT2D eigenvalue weighted by Crippen LogP contribution is -2.21. The second-order valence-electron chi connectivity index (χ2n) is 5.78. The number of ether oxygens (including phenoxy) is 1. The van der Waals surface area contributed by atoms with E-state index in [-0.39, 0.29) is 0 Å². The summed E-state index contributed by atoms with van der Waals surface area (Å²) in [6.45, 7) is 9.13. The molecular formula is C18H23NOS. The van der Waals surface area contributed by atoms with Crippen LogP contribution in [0.5, 0.6) is 0 Å². The van der Waals surface area contributed by atoms with E-state index < -0.39 is 0 Å². The summed E-state index contributed by atoms with van der Waals surface area (Å²) in [7, 11) is 0. The van der Waals surface area contributed by atoms with Crippen molar-refractivity contribution in [2.24, 2.45) is 0 Å². The van der Waals surface area contributed by atoms with E-state index in [9.17, 15) is 0 Å². The van der Waals surface area contributed by atoms with Crippen molar-refractivity contribution in [3.63, 3.8) is 0 Å². The van der Waals surface area contributed by atoms with Crippen molar-refractivity contribution < 1.29 is 4.74 Å². The van der Waals surface area contributed by atoms with E-state index >= 15 is 0 Å². The van der Waals surface area contributed by atoms with E-state index in [2.05, 4.69) is 41.1 Å². The van der Waals surface area contributed by atoms with Gasteiger partial charge >= 0.3 is 0 Å². The minimum atomic E-state index is 0.822. The number of nitrogens with zero attached hydrogens (tertiary/aromatic N) is 1. The molecule has 21 heavy (non-hydrogen) atoms. The van der Waals surface area contributed by atoms with Crippen LogP contribution in [0.25, 0.3) is 10.1 Å². The van der Waals surface area contributed by atoms with E-state index in [0.29, 0.717) is 0 Å². The van der Waals surface area contributed by atoms with Gasteiger partial charge in [-0.3, -0.25) is 4.90 Å². The van der Waals surface area contributed by atoms with E-state index in [0.717, 1.165) is 39.1 Å². The summed E-state index contributed by atoms with van der Waals surface area (Å²) in [4.78, 5) is 2.47. The van der Waals surface area contributed by atoms with Gasteiger partial charge in [-0.25, -0.2) is 0 Å². The molecule has 1 fully saturated rings. The first-order valence-electron chi connectivity index (χ1n) is 7.74. The third-order valence-corrected chi connectivity index (χ3v) is 4.94. The first-order chi connectivity index (χ1) is 10.3. The maximum Gasteiger partial charge on any atom is 0.0506 e. The Labute approximate surface area is 131 Å². The number of hydrogen-bond acceptors (Lipinski definition) is 3. The summed E-state index contributed by atoms with van der Waals surface area (Å²) in [6.07, 6.45) is 3.30. The molecular weight excluding hydrogens is 278 g/mol. The van der Waals surface area contributed by atoms with Gasteiger partial charge in [0.15, 0.2) is 0 Å². The van der Waals surface area contributed by atoms with Gasteiger partial charge in [0.1, 0.15) is 0 Å². The van der Waals surface area contributed by atoms with Crippen LogP contribution in [0, 0.1) is 0 Å². The minimum absolute atomic E-state index is 0.822. The summed E-state index contributed by atoms with van der Waals surface area (Å²) < 4.78 is 7.14. The zero-order valence-corrected chi connectivity index (χ0v) is 13.3. The molecule has 0 bridgehead atoms. The smallest absolute Gasteiger partial charge is 0.0506 e. The molecule has 0 aliphatic carbocycles. The van der Waals surface area contributed by atoms with Gasteiger partial charge in [0.05, 0.1) is 6.61 Å². The van der Waals surface area contributed by atoms with Crippen molar-refractivity contribution in [2.75, 3.05) is 32.8 Å². The molecule has 0 unspecified atom stereocenters. The van der Waals surface area contributed by atoms with Gasteiger partial charge in [0.2, 0.25) is 0 Å². The van der Waals surface area contributed by atoms with Crippen molar-refractivity contribution in [1.29, 1.82) is 0 Å². The van der Waals surface area contributed by atoms with Gasteiger partial charge < -0.3 is 4.74 Å². The predicted octanol–water partition coefficient (Wildman–Crippen LogP) is 4.11. The summed E-state index contributed by atoms with van der Waals surface area (Å²) in [5.41, 5.74) is 2.75. The van der Waals surface area contributed by atoms with E-state index in [4.69, 9.17) is 4.74 Å². The molecule has 0 amide bonds. The van der Waals surface area contributed by atoms with Crippen LogP contribution in [0.3, 0.4) is 0 Å². The molecule has 2 nitrogen and oxygen atoms in total. The van der Waals surface area contributed by atoms with Crippen LogP contribution >= 0.6 is 11.3 Å². The van der Waals surface area contributed by atoms with Crippen LogP contribution in [0.4, 0.5) is 0 Å². The molecule has 2 heterocycles. The monoisotopic (exact) mass is 301 g/mol. The Kier molecular flexibility index (Phi) is 5.07. The maximum atomic E-state index is 5.77. The molecule has 0 spiro atoms. The molecule has 0 saturated carbocycles. The maximum absolute atomic E-state index is 5.77. The second-order valence-corrected chi connectivity index (χ2v) is 6.73. The molecule has 112 valence electrons. The normalized spacial score (nSPS) is 16.1. The third kappa shape index (κ3) is 4.16. The fourth-order valence-electron chi connectivity index (χ4n) is 2.84. The Bertz CT molecular complexity index is 604. The zero-order valence-electron chi connectivity index (χ0n) is 12.5. The molecule has 1 aliphatic rings. The second kappa shape index (κ2) is 7.21. The average molecular weight is 301 g/mol. The number of likely N-dealkylation sites (tertiary alicyclic amines) is 1. The molecule has 2 aromatic rings. The predicted molar refractivity (Wildman–Crippen MR) is 91.2 cm³/mol. The van der Waals surface area contributed by atoms with Gasteiger partial charge in [-0.1, -0.05) is 24.3 Å². The van der Waals surface area contributed by atoms with Crippen molar-refractivity contribution >= 4 is 21.4 Å². The van der Waals surface area contributed by atoms with E-state index in [1.807, 2.05) is 0 Å². The van der Waals surface area contributed by atoms with Crippen LogP contribution in [-0.2, 0) is 11.2 Å². The Morgan fingerprint density at radius 3 is 3.05 bits per heavy atom. The largest absolute Gasteiger partial charge is 0.381 e. The number of rotatable bonds is 7. The quantitative estimate of drug-likeness (QED) is 0.563. The van der Waals surface area contributed by atoms with Gasteiger partial charge in [-0.05, 0) is 47.7 Å². The highest BCUT2D eigenvalue weighted by Crippen LogP contribution is 2.21. The van der Waals surface area contributed by atoms with E-state index in [1.54, 1.807) is 11.3 Å². The fraction of sp³-hybridized carbons (Fsp3) is 0.444. The molecule has 0 radical (unpaired) electrons. The Morgan fingerprint density at radius 2 is 2.19 bits per heavy atom. The zero-order chi connectivity index (χ0) is 14.5. The van der Waals surface area contributed by atoms with Gasteiger partial charge in [-0.2, -0.15) is 0 Å². The van der Waals surface area contributed by atoms with Crippen molar-refractivity contribution in [3.05, 3.63) is 47.4 Å². The lowest BCUT2D eigenvalue weighted by Gasteiger charge is -2.13. The number of fused-ring (bicyclic) bond motifs is 1. The Hall–Kier alpha value is -1.16. The summed E-state index contributed by atoms with van der Waals surface area (Å²) in [5.74, 6) is 0. The molecule has 0 N–H and O–H groups in total. The molecule has 1 aromatic heterocycles. The molecule has 3 heteroatoms. The van der Waals surface area contributed by atoms with Crippen molar-refractivity contribution in [2.45, 2.75) is 19.3 Å². The molecule has 3 rings (SSSR count). The lowest BCUT2D eigenvalue weighted by atomic mass is 10.1. The highest BCUT2D eigenvalue weighted by atomic mass is 32.1.